The molecule has 2 N–H and O–H groups in total. The summed E-state index contributed by atoms with van der Waals surface area (Å²) in [6.45, 7) is 6.08. The molecule has 0 radical (unpaired) electrons. The van der Waals surface area contributed by atoms with Crippen molar-refractivity contribution in [2.45, 2.75) is 32.4 Å². The molecule has 0 atom stereocenters. The van der Waals surface area contributed by atoms with E-state index in [1.807, 2.05) is 20.2 Å². The van der Waals surface area contributed by atoms with Gasteiger partial charge in [-0.2, -0.15) is 0 Å². The van der Waals surface area contributed by atoms with Gasteiger partial charge in [-0.3, -0.25) is 4.79 Å². The molecule has 0 fully saturated rings. The zero-order chi connectivity index (χ0) is 14.0. The molecule has 0 saturated heterocycles. The standard InChI is InChI=1S/C15H23N3O/c1-15(2,10-16-3)17-9-11-5-6-13-12(7-11)8-14(19)18(13)4/h5-7,16-17H,8-10H2,1-4H3. The highest BCUT2D eigenvalue weighted by Gasteiger charge is 2.24. The van der Waals surface area contributed by atoms with Crippen molar-refractivity contribution in [1.82, 2.24) is 10.6 Å². The van der Waals surface area contributed by atoms with Crippen LogP contribution in [0.25, 0.3) is 0 Å². The van der Waals surface area contributed by atoms with Gasteiger partial charge < -0.3 is 15.5 Å². The monoisotopic (exact) mass is 261 g/mol. The molecule has 4 heteroatoms. The Morgan fingerprint density at radius 1 is 1.37 bits per heavy atom. The summed E-state index contributed by atoms with van der Waals surface area (Å²) in [5.74, 6) is 0.177. The summed E-state index contributed by atoms with van der Waals surface area (Å²) in [6, 6.07) is 6.28. The Hall–Kier alpha value is -1.39. The summed E-state index contributed by atoms with van der Waals surface area (Å²) < 4.78 is 0. The van der Waals surface area contributed by atoms with Crippen LogP contribution < -0.4 is 15.5 Å². The van der Waals surface area contributed by atoms with E-state index in [-0.39, 0.29) is 11.4 Å². The van der Waals surface area contributed by atoms with Crippen LogP contribution in [0.15, 0.2) is 18.2 Å². The minimum absolute atomic E-state index is 0.0559. The number of hydrogen-bond acceptors (Lipinski definition) is 3. The topological polar surface area (TPSA) is 44.4 Å². The molecular formula is C15H23N3O. The largest absolute Gasteiger partial charge is 0.318 e. The number of fused-ring (bicyclic) bond motifs is 1. The third kappa shape index (κ3) is 3.14. The zero-order valence-corrected chi connectivity index (χ0v) is 12.2. The Kier molecular flexibility index (Phi) is 3.92. The predicted octanol–water partition coefficient (Wildman–Crippen LogP) is 1.29. The molecule has 1 aromatic carbocycles. The fourth-order valence-corrected chi connectivity index (χ4v) is 2.48. The summed E-state index contributed by atoms with van der Waals surface area (Å²) in [4.78, 5) is 13.4. The molecule has 0 saturated carbocycles. The van der Waals surface area contributed by atoms with Crippen molar-refractivity contribution in [3.63, 3.8) is 0 Å². The van der Waals surface area contributed by atoms with E-state index < -0.39 is 0 Å². The van der Waals surface area contributed by atoms with Crippen LogP contribution in [-0.4, -0.2) is 32.1 Å². The molecule has 1 heterocycles. The summed E-state index contributed by atoms with van der Waals surface area (Å²) in [5, 5.41) is 6.71. The third-order valence-electron chi connectivity index (χ3n) is 3.61. The number of amides is 1. The number of carbonyl (C=O) groups excluding carboxylic acids is 1. The maximum Gasteiger partial charge on any atom is 0.231 e. The van der Waals surface area contributed by atoms with Crippen molar-refractivity contribution in [1.29, 1.82) is 0 Å². The number of rotatable bonds is 5. The van der Waals surface area contributed by atoms with Crippen LogP contribution >= 0.6 is 0 Å². The molecule has 1 aliphatic heterocycles. The van der Waals surface area contributed by atoms with Crippen LogP contribution in [0.4, 0.5) is 5.69 Å². The van der Waals surface area contributed by atoms with Gasteiger partial charge in [-0.25, -0.2) is 0 Å². The molecule has 0 bridgehead atoms. The maximum atomic E-state index is 11.6. The molecule has 0 aliphatic carbocycles. The fourth-order valence-electron chi connectivity index (χ4n) is 2.48. The molecule has 2 rings (SSSR count). The minimum atomic E-state index is 0.0559. The van der Waals surface area contributed by atoms with Gasteiger partial charge in [0.2, 0.25) is 5.91 Å². The van der Waals surface area contributed by atoms with Gasteiger partial charge in [0.05, 0.1) is 6.42 Å². The van der Waals surface area contributed by atoms with E-state index in [4.69, 9.17) is 0 Å². The average Bonchev–Trinajstić information content (AvgIpc) is 2.62. The van der Waals surface area contributed by atoms with Gasteiger partial charge in [0.25, 0.3) is 0 Å². The van der Waals surface area contributed by atoms with Gasteiger partial charge in [-0.1, -0.05) is 12.1 Å². The lowest BCUT2D eigenvalue weighted by Gasteiger charge is -2.26. The molecule has 1 amide bonds. The Morgan fingerprint density at radius 2 is 2.11 bits per heavy atom. The molecule has 0 unspecified atom stereocenters. The SMILES string of the molecule is CNCC(C)(C)NCc1ccc2c(c1)CC(=O)N2C. The first-order valence-electron chi connectivity index (χ1n) is 6.71. The van der Waals surface area contributed by atoms with Crippen molar-refractivity contribution in [2.75, 3.05) is 25.5 Å². The second kappa shape index (κ2) is 5.31. The summed E-state index contributed by atoms with van der Waals surface area (Å²) in [7, 11) is 3.79. The van der Waals surface area contributed by atoms with Crippen molar-refractivity contribution in [3.05, 3.63) is 29.3 Å². The zero-order valence-electron chi connectivity index (χ0n) is 12.2. The van der Waals surface area contributed by atoms with E-state index in [0.29, 0.717) is 6.42 Å². The average molecular weight is 261 g/mol. The molecule has 1 aromatic rings. The van der Waals surface area contributed by atoms with E-state index >= 15 is 0 Å². The fraction of sp³-hybridized carbons (Fsp3) is 0.533. The van der Waals surface area contributed by atoms with Crippen LogP contribution in [0.3, 0.4) is 0 Å². The van der Waals surface area contributed by atoms with Crippen LogP contribution in [-0.2, 0) is 17.8 Å². The lowest BCUT2D eigenvalue weighted by Crippen LogP contribution is -2.46. The molecule has 19 heavy (non-hydrogen) atoms. The van der Waals surface area contributed by atoms with Gasteiger partial charge in [-0.05, 0) is 38.1 Å². The number of likely N-dealkylation sites (N-methyl/N-ethyl adjacent to an activating group) is 2. The van der Waals surface area contributed by atoms with Crippen LogP contribution in [0.5, 0.6) is 0 Å². The second-order valence-electron chi connectivity index (χ2n) is 5.86. The molecule has 4 nitrogen and oxygen atoms in total. The number of carbonyl (C=O) groups is 1. The highest BCUT2D eigenvalue weighted by molar-refractivity contribution is 6.00. The summed E-state index contributed by atoms with van der Waals surface area (Å²) in [6.07, 6.45) is 0.527. The quantitative estimate of drug-likeness (QED) is 0.839. The molecule has 0 aromatic heterocycles. The number of nitrogens with zero attached hydrogens (tertiary/aromatic N) is 1. The van der Waals surface area contributed by atoms with Gasteiger partial charge >= 0.3 is 0 Å². The van der Waals surface area contributed by atoms with Crippen LogP contribution in [0, 0.1) is 0 Å². The first-order valence-corrected chi connectivity index (χ1v) is 6.71. The van der Waals surface area contributed by atoms with Crippen molar-refractivity contribution >= 4 is 11.6 Å². The maximum absolute atomic E-state index is 11.6. The highest BCUT2D eigenvalue weighted by atomic mass is 16.2. The third-order valence-corrected chi connectivity index (χ3v) is 3.61. The smallest absolute Gasteiger partial charge is 0.231 e. The second-order valence-corrected chi connectivity index (χ2v) is 5.86. The first kappa shape index (κ1) is 14.0. The van der Waals surface area contributed by atoms with Crippen molar-refractivity contribution in [3.8, 4) is 0 Å². The highest BCUT2D eigenvalue weighted by Crippen LogP contribution is 2.28. The normalized spacial score (nSPS) is 14.9. The van der Waals surface area contributed by atoms with Gasteiger partial charge in [-0.15, -0.1) is 0 Å². The van der Waals surface area contributed by atoms with E-state index in [2.05, 4.69) is 36.6 Å². The summed E-state index contributed by atoms with van der Waals surface area (Å²) >= 11 is 0. The van der Waals surface area contributed by atoms with Gasteiger partial charge in [0.15, 0.2) is 0 Å². The summed E-state index contributed by atoms with van der Waals surface area (Å²) in [5.41, 5.74) is 3.47. The van der Waals surface area contributed by atoms with E-state index in [9.17, 15) is 4.79 Å². The van der Waals surface area contributed by atoms with Crippen molar-refractivity contribution in [2.24, 2.45) is 0 Å². The molecule has 104 valence electrons. The molecule has 0 spiro atoms. The Labute approximate surface area is 115 Å². The Morgan fingerprint density at radius 3 is 2.79 bits per heavy atom. The van der Waals surface area contributed by atoms with Crippen molar-refractivity contribution < 1.29 is 4.79 Å². The van der Waals surface area contributed by atoms with Gasteiger partial charge in [0, 0.05) is 31.4 Å². The van der Waals surface area contributed by atoms with E-state index in [1.165, 1.54) is 5.56 Å². The van der Waals surface area contributed by atoms with E-state index in [0.717, 1.165) is 24.3 Å². The van der Waals surface area contributed by atoms with Crippen LogP contribution in [0.1, 0.15) is 25.0 Å². The lowest BCUT2D eigenvalue weighted by molar-refractivity contribution is -0.117. The van der Waals surface area contributed by atoms with Crippen LogP contribution in [0.2, 0.25) is 0 Å². The lowest BCUT2D eigenvalue weighted by atomic mass is 10.0. The number of anilines is 1. The Balaban J connectivity index is 2.04. The number of hydrogen-bond donors (Lipinski definition) is 2. The molecular weight excluding hydrogens is 238 g/mol. The molecule has 1 aliphatic rings. The van der Waals surface area contributed by atoms with Gasteiger partial charge in [0.1, 0.15) is 0 Å². The van der Waals surface area contributed by atoms with E-state index in [1.54, 1.807) is 4.90 Å². The number of nitrogens with one attached hydrogen (secondary N) is 2. The minimum Gasteiger partial charge on any atom is -0.318 e. The predicted molar refractivity (Wildman–Crippen MR) is 78.4 cm³/mol. The first-order chi connectivity index (χ1) is 8.93. The number of benzene rings is 1. The Bertz CT molecular complexity index is 482.